The van der Waals surface area contributed by atoms with Gasteiger partial charge in [0.1, 0.15) is 0 Å². The molecule has 0 atom stereocenters. The van der Waals surface area contributed by atoms with Gasteiger partial charge < -0.3 is 5.73 Å². The molecule has 0 saturated heterocycles. The molecule has 3 nitrogen and oxygen atoms in total. The van der Waals surface area contributed by atoms with E-state index in [0.29, 0.717) is 5.56 Å². The standard InChI is InChI=1S/C17H14N2O/c1-11-6-8-15-12(10-11)7-9-16(19-15)13-4-2-3-5-14(13)17(18)20/h2-10H,1H3,(H2,18,20). The molecule has 3 aromatic rings. The number of nitrogens with two attached hydrogens (primary N) is 1. The van der Waals surface area contributed by atoms with Crippen LogP contribution in [-0.4, -0.2) is 10.9 Å². The summed E-state index contributed by atoms with van der Waals surface area (Å²) in [5.41, 5.74) is 9.54. The zero-order valence-corrected chi connectivity index (χ0v) is 11.1. The molecule has 3 heteroatoms. The molecular formula is C17H14N2O. The first kappa shape index (κ1) is 12.4. The van der Waals surface area contributed by atoms with Crippen molar-refractivity contribution in [3.05, 3.63) is 65.7 Å². The first-order valence-corrected chi connectivity index (χ1v) is 6.42. The molecule has 0 fully saturated rings. The monoisotopic (exact) mass is 262 g/mol. The maximum atomic E-state index is 11.5. The second-order valence-corrected chi connectivity index (χ2v) is 4.80. The summed E-state index contributed by atoms with van der Waals surface area (Å²) in [6.45, 7) is 2.05. The Balaban J connectivity index is 2.20. The van der Waals surface area contributed by atoms with Crippen LogP contribution in [0.1, 0.15) is 15.9 Å². The first-order valence-electron chi connectivity index (χ1n) is 6.42. The Hall–Kier alpha value is -2.68. The molecule has 0 spiro atoms. The van der Waals surface area contributed by atoms with Crippen LogP contribution in [0.5, 0.6) is 0 Å². The molecule has 2 N–H and O–H groups in total. The summed E-state index contributed by atoms with van der Waals surface area (Å²) < 4.78 is 0. The Bertz CT molecular complexity index is 809. The summed E-state index contributed by atoms with van der Waals surface area (Å²) >= 11 is 0. The number of nitrogens with zero attached hydrogens (tertiary/aromatic N) is 1. The predicted molar refractivity (Wildman–Crippen MR) is 80.4 cm³/mol. The minimum Gasteiger partial charge on any atom is -0.366 e. The summed E-state index contributed by atoms with van der Waals surface area (Å²) in [7, 11) is 0. The number of aryl methyl sites for hydroxylation is 1. The largest absolute Gasteiger partial charge is 0.366 e. The summed E-state index contributed by atoms with van der Waals surface area (Å²) in [6, 6.07) is 17.3. The molecule has 2 aromatic carbocycles. The van der Waals surface area contributed by atoms with Gasteiger partial charge in [0.25, 0.3) is 0 Å². The van der Waals surface area contributed by atoms with Crippen molar-refractivity contribution in [2.45, 2.75) is 6.92 Å². The Morgan fingerprint density at radius 3 is 2.65 bits per heavy atom. The summed E-state index contributed by atoms with van der Waals surface area (Å²) in [6.07, 6.45) is 0. The quantitative estimate of drug-likeness (QED) is 0.770. The maximum absolute atomic E-state index is 11.5. The first-order chi connectivity index (χ1) is 9.65. The Kier molecular flexibility index (Phi) is 2.95. The minimum atomic E-state index is -0.439. The van der Waals surface area contributed by atoms with Crippen molar-refractivity contribution < 1.29 is 4.79 Å². The fourth-order valence-corrected chi connectivity index (χ4v) is 2.32. The lowest BCUT2D eigenvalue weighted by molar-refractivity contribution is 0.100. The Morgan fingerprint density at radius 2 is 1.85 bits per heavy atom. The fourth-order valence-electron chi connectivity index (χ4n) is 2.32. The number of rotatable bonds is 2. The average Bonchev–Trinajstić information content (AvgIpc) is 2.46. The smallest absolute Gasteiger partial charge is 0.249 e. The van der Waals surface area contributed by atoms with Crippen LogP contribution in [0, 0.1) is 6.92 Å². The van der Waals surface area contributed by atoms with Gasteiger partial charge in [0, 0.05) is 16.5 Å². The number of pyridine rings is 1. The number of fused-ring (bicyclic) bond motifs is 1. The molecule has 3 rings (SSSR count). The highest BCUT2D eigenvalue weighted by molar-refractivity contribution is 5.99. The topological polar surface area (TPSA) is 56.0 Å². The zero-order valence-electron chi connectivity index (χ0n) is 11.1. The molecule has 0 aliphatic rings. The van der Waals surface area contributed by atoms with E-state index in [2.05, 4.69) is 18.0 Å². The molecule has 0 bridgehead atoms. The molecule has 1 amide bonds. The highest BCUT2D eigenvalue weighted by Crippen LogP contribution is 2.24. The van der Waals surface area contributed by atoms with E-state index >= 15 is 0 Å². The van der Waals surface area contributed by atoms with Gasteiger partial charge in [0.15, 0.2) is 0 Å². The third kappa shape index (κ3) is 2.14. The molecule has 0 saturated carbocycles. The third-order valence-electron chi connectivity index (χ3n) is 3.31. The number of benzene rings is 2. The van der Waals surface area contributed by atoms with E-state index in [1.807, 2.05) is 36.4 Å². The van der Waals surface area contributed by atoms with E-state index in [1.54, 1.807) is 12.1 Å². The lowest BCUT2D eigenvalue weighted by atomic mass is 10.0. The molecule has 0 aliphatic carbocycles. The van der Waals surface area contributed by atoms with E-state index < -0.39 is 5.91 Å². The normalized spacial score (nSPS) is 10.7. The van der Waals surface area contributed by atoms with E-state index in [4.69, 9.17) is 5.73 Å². The second-order valence-electron chi connectivity index (χ2n) is 4.80. The summed E-state index contributed by atoms with van der Waals surface area (Å²) in [5, 5.41) is 1.09. The Labute approximate surface area is 117 Å². The minimum absolute atomic E-state index is 0.439. The van der Waals surface area contributed by atoms with Gasteiger partial charge in [-0.3, -0.25) is 4.79 Å². The lowest BCUT2D eigenvalue weighted by Gasteiger charge is -2.07. The summed E-state index contributed by atoms with van der Waals surface area (Å²) in [4.78, 5) is 16.1. The molecule has 1 heterocycles. The molecule has 20 heavy (non-hydrogen) atoms. The van der Waals surface area contributed by atoms with Gasteiger partial charge >= 0.3 is 0 Å². The maximum Gasteiger partial charge on any atom is 0.249 e. The number of aromatic nitrogens is 1. The molecule has 0 unspecified atom stereocenters. The molecule has 98 valence electrons. The van der Waals surface area contributed by atoms with E-state index in [9.17, 15) is 4.79 Å². The van der Waals surface area contributed by atoms with Crippen LogP contribution in [0.4, 0.5) is 0 Å². The van der Waals surface area contributed by atoms with Gasteiger partial charge in [-0.15, -0.1) is 0 Å². The molecule has 0 radical (unpaired) electrons. The fraction of sp³-hybridized carbons (Fsp3) is 0.0588. The van der Waals surface area contributed by atoms with Crippen molar-refractivity contribution in [1.82, 2.24) is 4.98 Å². The van der Waals surface area contributed by atoms with Crippen LogP contribution in [0.3, 0.4) is 0 Å². The van der Waals surface area contributed by atoms with Crippen LogP contribution >= 0.6 is 0 Å². The van der Waals surface area contributed by atoms with Gasteiger partial charge in [0.2, 0.25) is 5.91 Å². The van der Waals surface area contributed by atoms with Crippen molar-refractivity contribution in [2.24, 2.45) is 5.73 Å². The van der Waals surface area contributed by atoms with E-state index in [1.165, 1.54) is 5.56 Å². The second kappa shape index (κ2) is 4.78. The molecule has 1 aromatic heterocycles. The van der Waals surface area contributed by atoms with Crippen LogP contribution in [0.2, 0.25) is 0 Å². The van der Waals surface area contributed by atoms with Gasteiger partial charge in [-0.2, -0.15) is 0 Å². The van der Waals surface area contributed by atoms with E-state index in [0.717, 1.165) is 22.2 Å². The van der Waals surface area contributed by atoms with Crippen molar-refractivity contribution in [1.29, 1.82) is 0 Å². The zero-order chi connectivity index (χ0) is 14.1. The molecule has 0 aliphatic heterocycles. The van der Waals surface area contributed by atoms with Gasteiger partial charge in [-0.1, -0.05) is 35.9 Å². The lowest BCUT2D eigenvalue weighted by Crippen LogP contribution is -2.12. The third-order valence-corrected chi connectivity index (χ3v) is 3.31. The van der Waals surface area contributed by atoms with Crippen LogP contribution in [0.15, 0.2) is 54.6 Å². The highest BCUT2D eigenvalue weighted by atomic mass is 16.1. The number of hydrogen-bond acceptors (Lipinski definition) is 2. The van der Waals surface area contributed by atoms with Crippen molar-refractivity contribution in [2.75, 3.05) is 0 Å². The number of carbonyl (C=O) groups is 1. The van der Waals surface area contributed by atoms with Crippen LogP contribution in [0.25, 0.3) is 22.2 Å². The summed E-state index contributed by atoms with van der Waals surface area (Å²) in [5.74, 6) is -0.439. The highest BCUT2D eigenvalue weighted by Gasteiger charge is 2.10. The predicted octanol–water partition coefficient (Wildman–Crippen LogP) is 3.31. The molecular weight excluding hydrogens is 248 g/mol. The van der Waals surface area contributed by atoms with Gasteiger partial charge in [-0.25, -0.2) is 4.98 Å². The number of primary amides is 1. The van der Waals surface area contributed by atoms with Crippen molar-refractivity contribution >= 4 is 16.8 Å². The van der Waals surface area contributed by atoms with E-state index in [-0.39, 0.29) is 0 Å². The number of hydrogen-bond donors (Lipinski definition) is 1. The van der Waals surface area contributed by atoms with Crippen LogP contribution < -0.4 is 5.73 Å². The Morgan fingerprint density at radius 1 is 1.05 bits per heavy atom. The van der Waals surface area contributed by atoms with Crippen LogP contribution in [-0.2, 0) is 0 Å². The SMILES string of the molecule is Cc1ccc2nc(-c3ccccc3C(N)=O)ccc2c1. The van der Waals surface area contributed by atoms with Gasteiger partial charge in [-0.05, 0) is 31.2 Å². The van der Waals surface area contributed by atoms with Crippen molar-refractivity contribution in [3.8, 4) is 11.3 Å². The average molecular weight is 262 g/mol. The van der Waals surface area contributed by atoms with Gasteiger partial charge in [0.05, 0.1) is 11.2 Å². The number of carbonyl (C=O) groups excluding carboxylic acids is 1. The number of amides is 1. The van der Waals surface area contributed by atoms with Crippen molar-refractivity contribution in [3.63, 3.8) is 0 Å².